The Morgan fingerprint density at radius 1 is 1.30 bits per heavy atom. The van der Waals surface area contributed by atoms with Crippen LogP contribution in [0.25, 0.3) is 6.08 Å². The molecule has 33 heavy (non-hydrogen) atoms. The van der Waals surface area contributed by atoms with Crippen LogP contribution in [0.5, 0.6) is 0 Å². The van der Waals surface area contributed by atoms with E-state index in [1.165, 1.54) is 17.4 Å². The Bertz CT molecular complexity index is 888. The molecule has 3 rings (SSSR count). The minimum atomic E-state index is -1.26. The maximum atomic E-state index is 15.1. The van der Waals surface area contributed by atoms with Crippen molar-refractivity contribution in [3.8, 4) is 0 Å². The summed E-state index contributed by atoms with van der Waals surface area (Å²) in [6, 6.07) is 0. The van der Waals surface area contributed by atoms with Crippen molar-refractivity contribution in [1.29, 1.82) is 0 Å². The predicted molar refractivity (Wildman–Crippen MR) is 122 cm³/mol. The molecule has 7 nitrogen and oxygen atoms in total. The standard InChI is InChI=1S/C24H34FNO6S/c1-13-6-5-7-24(4)21(32-24)11-20(18(25)8-16-12-33-15(3)26-16)31-22(29)10-17(27)9-19(28)14(2)23(13)30/h8,12-14,17,20-21,23,27,30H,5-7,9-11H2,1-4H3/b18-8-/t13-,14-,17+,20?,21+,23-,24+/m0/s1. The van der Waals surface area contributed by atoms with Gasteiger partial charge in [0.25, 0.3) is 0 Å². The van der Waals surface area contributed by atoms with E-state index in [9.17, 15) is 19.8 Å². The number of Topliss-reactive ketones (excluding diaryl/α,β-unsaturated/α-hetero) is 1. The Balaban J connectivity index is 1.78. The summed E-state index contributed by atoms with van der Waals surface area (Å²) < 4.78 is 26.4. The van der Waals surface area contributed by atoms with Gasteiger partial charge in [-0.3, -0.25) is 9.59 Å². The van der Waals surface area contributed by atoms with Gasteiger partial charge >= 0.3 is 5.97 Å². The van der Waals surface area contributed by atoms with Crippen LogP contribution >= 0.6 is 11.3 Å². The third-order valence-corrected chi connectivity index (χ3v) is 7.53. The zero-order valence-electron chi connectivity index (χ0n) is 19.6. The second kappa shape index (κ2) is 10.7. The van der Waals surface area contributed by atoms with Crippen molar-refractivity contribution in [3.05, 3.63) is 21.9 Å². The van der Waals surface area contributed by atoms with Crippen molar-refractivity contribution in [2.24, 2.45) is 11.8 Å². The highest BCUT2D eigenvalue weighted by atomic mass is 32.1. The Morgan fingerprint density at radius 3 is 2.70 bits per heavy atom. The van der Waals surface area contributed by atoms with Crippen molar-refractivity contribution in [2.45, 2.75) is 96.2 Å². The van der Waals surface area contributed by atoms with E-state index in [1.54, 1.807) is 12.3 Å². The number of carbonyl (C=O) groups is 2. The predicted octanol–water partition coefficient (Wildman–Crippen LogP) is 3.75. The van der Waals surface area contributed by atoms with Crippen LogP contribution in [-0.4, -0.2) is 57.0 Å². The summed E-state index contributed by atoms with van der Waals surface area (Å²) in [6.07, 6.45) is -0.636. The number of ether oxygens (including phenoxy) is 2. The molecule has 0 saturated carbocycles. The first kappa shape index (κ1) is 25.9. The SMILES string of the molecule is Cc1nc(/C=C(\F)C2C[C@H]3O[C@]3(C)CCC[C@H](C)[C@H](O)[C@@H](C)C(=O)C[C@@H](O)CC(=O)O2)cs1. The van der Waals surface area contributed by atoms with Gasteiger partial charge in [-0.25, -0.2) is 9.37 Å². The van der Waals surface area contributed by atoms with E-state index in [-0.39, 0.29) is 30.6 Å². The Morgan fingerprint density at radius 2 is 2.03 bits per heavy atom. The number of halogens is 1. The number of cyclic esters (lactones) is 1. The molecule has 1 aromatic heterocycles. The van der Waals surface area contributed by atoms with Gasteiger partial charge in [-0.15, -0.1) is 11.3 Å². The Hall–Kier alpha value is -1.68. The molecular formula is C24H34FNO6S. The second-order valence-corrected chi connectivity index (χ2v) is 10.7. The van der Waals surface area contributed by atoms with Gasteiger partial charge in [-0.2, -0.15) is 0 Å². The first-order valence-electron chi connectivity index (χ1n) is 11.5. The maximum Gasteiger partial charge on any atom is 0.309 e. The van der Waals surface area contributed by atoms with Gasteiger partial charge in [0.2, 0.25) is 0 Å². The number of fused-ring (bicyclic) bond motifs is 1. The number of thiazole rings is 1. The van der Waals surface area contributed by atoms with Gasteiger partial charge in [-0.1, -0.05) is 20.3 Å². The monoisotopic (exact) mass is 483 g/mol. The lowest BCUT2D eigenvalue weighted by atomic mass is 9.84. The van der Waals surface area contributed by atoms with Gasteiger partial charge in [0.15, 0.2) is 6.10 Å². The number of hydrogen-bond donors (Lipinski definition) is 2. The number of ketones is 1. The number of aliphatic hydroxyl groups is 2. The number of aromatic nitrogens is 1. The molecule has 7 atom stereocenters. The lowest BCUT2D eigenvalue weighted by molar-refractivity contribution is -0.151. The molecule has 2 N–H and O–H groups in total. The number of rotatable bonds is 2. The zero-order chi connectivity index (χ0) is 24.3. The maximum absolute atomic E-state index is 15.1. The van der Waals surface area contributed by atoms with Crippen LogP contribution < -0.4 is 0 Å². The molecule has 0 amide bonds. The molecule has 3 heterocycles. The second-order valence-electron chi connectivity index (χ2n) is 9.63. The van der Waals surface area contributed by atoms with E-state index in [0.29, 0.717) is 18.5 Å². The Labute approximate surface area is 198 Å². The first-order valence-corrected chi connectivity index (χ1v) is 12.4. The highest BCUT2D eigenvalue weighted by molar-refractivity contribution is 7.09. The van der Waals surface area contributed by atoms with Crippen LogP contribution in [0.2, 0.25) is 0 Å². The van der Waals surface area contributed by atoms with Crippen LogP contribution in [0, 0.1) is 18.8 Å². The van der Waals surface area contributed by atoms with Crippen molar-refractivity contribution in [1.82, 2.24) is 4.98 Å². The summed E-state index contributed by atoms with van der Waals surface area (Å²) in [7, 11) is 0. The summed E-state index contributed by atoms with van der Waals surface area (Å²) in [5.41, 5.74) is -0.00461. The molecule has 184 valence electrons. The summed E-state index contributed by atoms with van der Waals surface area (Å²) in [4.78, 5) is 29.2. The summed E-state index contributed by atoms with van der Waals surface area (Å²) in [5.74, 6) is -2.51. The minimum Gasteiger partial charge on any atom is -0.455 e. The number of aryl methyl sites for hydroxylation is 1. The summed E-state index contributed by atoms with van der Waals surface area (Å²) in [6.45, 7) is 7.30. The number of epoxide rings is 1. The quantitative estimate of drug-likeness (QED) is 0.487. The normalized spacial score (nSPS) is 37.4. The molecule has 1 aromatic rings. The smallest absolute Gasteiger partial charge is 0.309 e. The van der Waals surface area contributed by atoms with Crippen LogP contribution in [0.3, 0.4) is 0 Å². The van der Waals surface area contributed by atoms with E-state index in [1.807, 2.05) is 20.8 Å². The summed E-state index contributed by atoms with van der Waals surface area (Å²) in [5, 5.41) is 23.3. The fourth-order valence-corrected chi connectivity index (χ4v) is 4.99. The summed E-state index contributed by atoms with van der Waals surface area (Å²) >= 11 is 1.39. The van der Waals surface area contributed by atoms with Gasteiger partial charge in [0.05, 0.1) is 41.0 Å². The van der Waals surface area contributed by atoms with Gasteiger partial charge in [0.1, 0.15) is 11.6 Å². The van der Waals surface area contributed by atoms with Crippen molar-refractivity contribution in [2.75, 3.05) is 0 Å². The molecule has 2 aliphatic heterocycles. The van der Waals surface area contributed by atoms with Gasteiger partial charge < -0.3 is 19.7 Å². The molecule has 1 unspecified atom stereocenters. The van der Waals surface area contributed by atoms with E-state index in [0.717, 1.165) is 11.4 Å². The largest absolute Gasteiger partial charge is 0.455 e. The van der Waals surface area contributed by atoms with Crippen LogP contribution in [0.4, 0.5) is 4.39 Å². The van der Waals surface area contributed by atoms with Crippen LogP contribution in [0.1, 0.15) is 70.0 Å². The lowest BCUT2D eigenvalue weighted by Crippen LogP contribution is -2.34. The third kappa shape index (κ3) is 6.91. The highest BCUT2D eigenvalue weighted by Crippen LogP contribution is 2.45. The van der Waals surface area contributed by atoms with Crippen LogP contribution in [-0.2, 0) is 19.1 Å². The van der Waals surface area contributed by atoms with Crippen molar-refractivity contribution in [3.63, 3.8) is 0 Å². The minimum absolute atomic E-state index is 0.102. The topological polar surface area (TPSA) is 109 Å². The average Bonchev–Trinajstić information content (AvgIpc) is 3.17. The lowest BCUT2D eigenvalue weighted by Gasteiger charge is -2.25. The van der Waals surface area contributed by atoms with Crippen molar-refractivity contribution < 1.29 is 33.7 Å². The molecule has 0 radical (unpaired) electrons. The van der Waals surface area contributed by atoms with Gasteiger partial charge in [-0.05, 0) is 38.7 Å². The van der Waals surface area contributed by atoms with E-state index < -0.39 is 48.0 Å². The number of carbonyl (C=O) groups excluding carboxylic acids is 2. The number of nitrogens with zero attached hydrogens (tertiary/aromatic N) is 1. The van der Waals surface area contributed by atoms with E-state index >= 15 is 4.39 Å². The van der Waals surface area contributed by atoms with Crippen LogP contribution in [0.15, 0.2) is 11.2 Å². The fraction of sp³-hybridized carbons (Fsp3) is 0.708. The molecule has 2 saturated heterocycles. The first-order chi connectivity index (χ1) is 15.5. The zero-order valence-corrected chi connectivity index (χ0v) is 20.4. The van der Waals surface area contributed by atoms with Crippen molar-refractivity contribution >= 4 is 29.2 Å². The third-order valence-electron chi connectivity index (χ3n) is 6.74. The Kier molecular flexibility index (Phi) is 8.42. The van der Waals surface area contributed by atoms with E-state index in [4.69, 9.17) is 9.47 Å². The highest BCUT2D eigenvalue weighted by Gasteiger charge is 2.53. The number of hydrogen-bond acceptors (Lipinski definition) is 8. The fourth-order valence-electron chi connectivity index (χ4n) is 4.42. The molecular weight excluding hydrogens is 449 g/mol. The molecule has 0 aliphatic carbocycles. The molecule has 0 bridgehead atoms. The number of aliphatic hydroxyl groups excluding tert-OH is 2. The molecule has 0 aromatic carbocycles. The molecule has 2 fully saturated rings. The molecule has 9 heteroatoms. The van der Waals surface area contributed by atoms with E-state index in [2.05, 4.69) is 4.98 Å². The number of esters is 1. The van der Waals surface area contributed by atoms with Gasteiger partial charge in [0, 0.05) is 24.1 Å². The average molecular weight is 484 g/mol. The molecule has 2 aliphatic rings. The molecule has 0 spiro atoms.